The molecular weight excluding hydrogens is 586 g/mol. The van der Waals surface area contributed by atoms with Crippen LogP contribution in [-0.2, 0) is 0 Å². The Morgan fingerprint density at radius 1 is 1.11 bits per heavy atom. The number of pyridine rings is 1. The van der Waals surface area contributed by atoms with Gasteiger partial charge in [-0.15, -0.1) is 0 Å². The summed E-state index contributed by atoms with van der Waals surface area (Å²) >= 11 is 1.10. The number of anilines is 2. The highest BCUT2D eigenvalue weighted by Crippen LogP contribution is 2.43. The third kappa shape index (κ3) is 4.22. The standard InChI is InChI=1S/C31H34F2N8O2S/c32-16-11-31(8-1-9-40(31)12-16)15-43-30-36-22-10-23(20-6-7-21(33)26-25(20)37-29(34)44-26)41(19-4-5-19)28(42)24(22)27(38-30)39-13-17-2-3-18(14-39)35-17/h6-7,10,16-19,35H,1-5,8-9,11-15H2,(H2,34,37)/t16-,17?,18?,31+/m1/s1. The van der Waals surface area contributed by atoms with Gasteiger partial charge in [0, 0.05) is 49.7 Å². The number of benzene rings is 1. The summed E-state index contributed by atoms with van der Waals surface area (Å²) in [6.07, 6.45) is 5.41. The number of nitrogens with one attached hydrogen (secondary N) is 1. The highest BCUT2D eigenvalue weighted by atomic mass is 32.1. The van der Waals surface area contributed by atoms with Gasteiger partial charge in [0.1, 0.15) is 29.8 Å². The third-order valence-corrected chi connectivity index (χ3v) is 11.2. The Bertz CT molecular complexity index is 1870. The number of nitrogens with two attached hydrogens (primary N) is 1. The number of ether oxygens (including phenoxy) is 1. The third-order valence-electron chi connectivity index (χ3n) is 10.3. The summed E-state index contributed by atoms with van der Waals surface area (Å²) in [5, 5.41) is 4.40. The van der Waals surface area contributed by atoms with Gasteiger partial charge in [0.15, 0.2) is 5.13 Å². The summed E-state index contributed by atoms with van der Waals surface area (Å²) in [5.41, 5.74) is 7.69. The fraction of sp³-hybridized carbons (Fsp3) is 0.548. The van der Waals surface area contributed by atoms with Crippen molar-refractivity contribution in [2.45, 2.75) is 74.8 Å². The van der Waals surface area contributed by atoms with E-state index in [1.165, 1.54) is 6.07 Å². The van der Waals surface area contributed by atoms with Crippen molar-refractivity contribution in [3.8, 4) is 17.3 Å². The van der Waals surface area contributed by atoms with E-state index in [9.17, 15) is 13.6 Å². The summed E-state index contributed by atoms with van der Waals surface area (Å²) in [6.45, 7) is 3.09. The molecule has 0 radical (unpaired) electrons. The summed E-state index contributed by atoms with van der Waals surface area (Å²) in [6, 6.07) is 5.88. The van der Waals surface area contributed by atoms with E-state index in [0.29, 0.717) is 69.9 Å². The van der Waals surface area contributed by atoms with Crippen LogP contribution in [0.3, 0.4) is 0 Å². The molecule has 4 aromatic rings. The monoisotopic (exact) mass is 620 g/mol. The number of piperazine rings is 1. The summed E-state index contributed by atoms with van der Waals surface area (Å²) in [4.78, 5) is 33.2. The molecule has 1 aromatic carbocycles. The van der Waals surface area contributed by atoms with Gasteiger partial charge in [-0.1, -0.05) is 11.3 Å². The van der Waals surface area contributed by atoms with E-state index in [4.69, 9.17) is 20.4 Å². The van der Waals surface area contributed by atoms with Crippen LogP contribution in [0.15, 0.2) is 23.0 Å². The van der Waals surface area contributed by atoms with Gasteiger partial charge >= 0.3 is 6.01 Å². The number of thiazole rings is 1. The molecule has 0 spiro atoms. The van der Waals surface area contributed by atoms with E-state index in [1.807, 2.05) is 10.6 Å². The second-order valence-corrected chi connectivity index (χ2v) is 14.3. The molecule has 1 saturated carbocycles. The predicted molar refractivity (Wildman–Crippen MR) is 166 cm³/mol. The fourth-order valence-corrected chi connectivity index (χ4v) is 8.96. The van der Waals surface area contributed by atoms with Crippen LogP contribution >= 0.6 is 11.3 Å². The van der Waals surface area contributed by atoms with Crippen molar-refractivity contribution in [2.24, 2.45) is 0 Å². The molecule has 7 heterocycles. The molecular formula is C31H34F2N8O2S. The lowest BCUT2D eigenvalue weighted by Gasteiger charge is -2.34. The second-order valence-electron chi connectivity index (χ2n) is 13.3. The number of rotatable bonds is 6. The Kier molecular flexibility index (Phi) is 5.99. The normalized spacial score (nSPS) is 28.4. The first-order valence-electron chi connectivity index (χ1n) is 15.7. The van der Waals surface area contributed by atoms with Gasteiger partial charge in [-0.3, -0.25) is 9.69 Å². The van der Waals surface area contributed by atoms with Crippen molar-refractivity contribution < 1.29 is 13.5 Å². The number of hydrogen-bond acceptors (Lipinski definition) is 10. The lowest BCUT2D eigenvalue weighted by molar-refractivity contribution is 0.107. The number of alkyl halides is 1. The average Bonchev–Trinajstić information content (AvgIpc) is 3.33. The summed E-state index contributed by atoms with van der Waals surface area (Å²) in [5.74, 6) is 0.197. The van der Waals surface area contributed by atoms with Crippen molar-refractivity contribution in [3.05, 3.63) is 34.4 Å². The van der Waals surface area contributed by atoms with Gasteiger partial charge in [0.05, 0.1) is 27.0 Å². The number of hydrogen-bond donors (Lipinski definition) is 2. The lowest BCUT2D eigenvalue weighted by atomic mass is 9.95. The topological polar surface area (TPSA) is 114 Å². The largest absolute Gasteiger partial charge is 0.461 e. The van der Waals surface area contributed by atoms with Crippen LogP contribution in [0.1, 0.15) is 51.0 Å². The second kappa shape index (κ2) is 9.79. The number of fused-ring (bicyclic) bond motifs is 5. The van der Waals surface area contributed by atoms with Gasteiger partial charge in [0.2, 0.25) is 0 Å². The quantitative estimate of drug-likeness (QED) is 0.330. The molecule has 3 aromatic heterocycles. The van der Waals surface area contributed by atoms with Crippen LogP contribution in [0, 0.1) is 5.82 Å². The number of halogens is 2. The molecule has 10 nitrogen and oxygen atoms in total. The van der Waals surface area contributed by atoms with E-state index in [-0.39, 0.29) is 28.3 Å². The van der Waals surface area contributed by atoms with E-state index in [1.54, 1.807) is 6.07 Å². The summed E-state index contributed by atoms with van der Waals surface area (Å²) in [7, 11) is 0. The highest BCUT2D eigenvalue weighted by Gasteiger charge is 2.49. The zero-order valence-electron chi connectivity index (χ0n) is 24.3. The van der Waals surface area contributed by atoms with E-state index in [2.05, 4.69) is 20.1 Å². The van der Waals surface area contributed by atoms with Crippen LogP contribution in [0.2, 0.25) is 0 Å². The molecule has 230 valence electrons. The Balaban J connectivity index is 1.22. The minimum Gasteiger partial charge on any atom is -0.461 e. The zero-order chi connectivity index (χ0) is 29.7. The first-order chi connectivity index (χ1) is 21.3. The van der Waals surface area contributed by atoms with Gasteiger partial charge in [-0.05, 0) is 63.3 Å². The summed E-state index contributed by atoms with van der Waals surface area (Å²) < 4.78 is 37.8. The van der Waals surface area contributed by atoms with E-state index in [0.717, 1.165) is 69.5 Å². The molecule has 5 aliphatic rings. The van der Waals surface area contributed by atoms with Crippen molar-refractivity contribution in [1.29, 1.82) is 0 Å². The van der Waals surface area contributed by atoms with Crippen molar-refractivity contribution in [3.63, 3.8) is 0 Å². The first kappa shape index (κ1) is 26.9. The molecule has 2 bridgehead atoms. The maximum Gasteiger partial charge on any atom is 0.319 e. The van der Waals surface area contributed by atoms with Gasteiger partial charge in [0.25, 0.3) is 5.56 Å². The molecule has 4 aliphatic heterocycles. The molecule has 44 heavy (non-hydrogen) atoms. The maximum atomic E-state index is 14.8. The molecule has 3 N–H and O–H groups in total. The molecule has 9 rings (SSSR count). The highest BCUT2D eigenvalue weighted by molar-refractivity contribution is 7.22. The Labute approximate surface area is 256 Å². The maximum absolute atomic E-state index is 14.8. The van der Waals surface area contributed by atoms with Crippen LogP contribution in [0.4, 0.5) is 19.7 Å². The minimum absolute atomic E-state index is 0.0319. The number of nitrogen functional groups attached to an aromatic ring is 1. The Morgan fingerprint density at radius 2 is 1.93 bits per heavy atom. The van der Waals surface area contributed by atoms with Crippen molar-refractivity contribution in [2.75, 3.05) is 43.4 Å². The first-order valence-corrected chi connectivity index (χ1v) is 16.5. The van der Waals surface area contributed by atoms with E-state index < -0.39 is 12.0 Å². The SMILES string of the molecule is Nc1nc2c(-c3cc4nc(OC[C@@]56CCCN5C[C@H](F)C6)nc(N5CC6CCC(C5)N6)c4c(=O)n3C3CC3)ccc(F)c2s1. The van der Waals surface area contributed by atoms with Crippen molar-refractivity contribution in [1.82, 2.24) is 29.7 Å². The molecule has 1 aliphatic carbocycles. The van der Waals surface area contributed by atoms with Crippen molar-refractivity contribution >= 4 is 43.4 Å². The van der Waals surface area contributed by atoms with Gasteiger partial charge in [-0.25, -0.2) is 13.8 Å². The smallest absolute Gasteiger partial charge is 0.319 e. The molecule has 4 saturated heterocycles. The van der Waals surface area contributed by atoms with Crippen LogP contribution in [0.25, 0.3) is 32.4 Å². The Hall–Kier alpha value is -3.42. The average molecular weight is 621 g/mol. The van der Waals surface area contributed by atoms with Crippen LogP contribution in [0.5, 0.6) is 6.01 Å². The molecule has 5 fully saturated rings. The predicted octanol–water partition coefficient (Wildman–Crippen LogP) is 4.02. The number of aromatic nitrogens is 4. The molecule has 13 heteroatoms. The fourth-order valence-electron chi connectivity index (χ4n) is 8.20. The van der Waals surface area contributed by atoms with Crippen LogP contribution in [-0.4, -0.2) is 81.0 Å². The number of nitrogens with zero attached hydrogens (tertiary/aromatic N) is 6. The molecule has 2 unspecified atom stereocenters. The Morgan fingerprint density at radius 3 is 2.73 bits per heavy atom. The van der Waals surface area contributed by atoms with Gasteiger partial charge < -0.3 is 25.3 Å². The lowest BCUT2D eigenvalue weighted by Crippen LogP contribution is -2.51. The van der Waals surface area contributed by atoms with Gasteiger partial charge in [-0.2, -0.15) is 9.97 Å². The molecule has 4 atom stereocenters. The zero-order valence-corrected chi connectivity index (χ0v) is 25.1. The molecule has 0 amide bonds. The van der Waals surface area contributed by atoms with E-state index >= 15 is 0 Å². The minimum atomic E-state index is -0.862. The van der Waals surface area contributed by atoms with Crippen LogP contribution < -0.4 is 26.2 Å².